The Morgan fingerprint density at radius 3 is 2.71 bits per heavy atom. The van der Waals surface area contributed by atoms with Gasteiger partial charge < -0.3 is 10.6 Å². The lowest BCUT2D eigenvalue weighted by atomic mass is 10.1. The van der Waals surface area contributed by atoms with Gasteiger partial charge in [0.25, 0.3) is 0 Å². The maximum Gasteiger partial charge on any atom is 0.249 e. The molecule has 0 radical (unpaired) electrons. The molecule has 0 atom stereocenters. The molecule has 122 valence electrons. The van der Waals surface area contributed by atoms with Gasteiger partial charge in [-0.3, -0.25) is 9.79 Å². The molecule has 5 nitrogen and oxygen atoms in total. The summed E-state index contributed by atoms with van der Waals surface area (Å²) in [6.07, 6.45) is 0. The normalized spacial score (nSPS) is 14.0. The van der Waals surface area contributed by atoms with Crippen molar-refractivity contribution in [3.8, 4) is 0 Å². The van der Waals surface area contributed by atoms with Gasteiger partial charge in [0.15, 0.2) is 0 Å². The Bertz CT molecular complexity index is 869. The molecule has 1 aromatic carbocycles. The first kappa shape index (κ1) is 16.8. The molecule has 0 bridgehead atoms. The summed E-state index contributed by atoms with van der Waals surface area (Å²) in [6, 6.07) is 10.5. The van der Waals surface area contributed by atoms with Crippen molar-refractivity contribution in [3.05, 3.63) is 57.8 Å². The third-order valence-electron chi connectivity index (χ3n) is 3.47. The van der Waals surface area contributed by atoms with E-state index in [4.69, 9.17) is 41.2 Å². The van der Waals surface area contributed by atoms with Crippen LogP contribution >= 0.6 is 35.4 Å². The minimum absolute atomic E-state index is 0.0584. The number of carbonyl (C=O) groups is 1. The highest BCUT2D eigenvalue weighted by molar-refractivity contribution is 7.80. The number of benzene rings is 1. The van der Waals surface area contributed by atoms with Crippen LogP contribution in [0.25, 0.3) is 0 Å². The molecule has 0 spiro atoms. The number of aliphatic imine (C=N–C) groups is 1. The molecular weight excluding hydrogens is 367 g/mol. The van der Waals surface area contributed by atoms with E-state index in [1.807, 2.05) is 18.2 Å². The largest absolute Gasteiger partial charge is 0.392 e. The Balaban J connectivity index is 2.21. The topological polar surface area (TPSA) is 71.6 Å². The number of nitrogens with two attached hydrogens (primary N) is 1. The SMILES string of the molecule is NC(=S)CN1C(=O)CN=C(c2ccccc2Cl)c2nc(Cl)ccc21. The van der Waals surface area contributed by atoms with Crippen LogP contribution in [0.4, 0.5) is 5.69 Å². The minimum Gasteiger partial charge on any atom is -0.392 e. The van der Waals surface area contributed by atoms with Gasteiger partial charge in [-0.1, -0.05) is 53.6 Å². The molecule has 2 N–H and O–H groups in total. The van der Waals surface area contributed by atoms with Crippen LogP contribution in [0, 0.1) is 0 Å². The molecule has 0 unspecified atom stereocenters. The van der Waals surface area contributed by atoms with E-state index < -0.39 is 0 Å². The van der Waals surface area contributed by atoms with Gasteiger partial charge in [0.1, 0.15) is 17.4 Å². The summed E-state index contributed by atoms with van der Waals surface area (Å²) in [7, 11) is 0. The van der Waals surface area contributed by atoms with Gasteiger partial charge in [-0.2, -0.15) is 0 Å². The first-order chi connectivity index (χ1) is 11.5. The standard InChI is InChI=1S/C16H12Cl2N4OS/c17-10-4-2-1-3-9(10)15-16-11(5-6-12(18)21-16)22(8-13(19)24)14(23)7-20-15/h1-6H,7-8H2,(H2,19,24). The van der Waals surface area contributed by atoms with Crippen molar-refractivity contribution in [1.82, 2.24) is 4.98 Å². The molecule has 0 aliphatic carbocycles. The lowest BCUT2D eigenvalue weighted by Gasteiger charge is -2.22. The average molecular weight is 379 g/mol. The number of carbonyl (C=O) groups excluding carboxylic acids is 1. The Labute approximate surface area is 154 Å². The molecule has 1 aromatic heterocycles. The lowest BCUT2D eigenvalue weighted by Crippen LogP contribution is -2.39. The lowest BCUT2D eigenvalue weighted by molar-refractivity contribution is -0.117. The molecule has 1 aliphatic heterocycles. The van der Waals surface area contributed by atoms with Gasteiger partial charge in [-0.15, -0.1) is 0 Å². The number of hydrogen-bond donors (Lipinski definition) is 1. The van der Waals surface area contributed by atoms with Crippen molar-refractivity contribution in [3.63, 3.8) is 0 Å². The average Bonchev–Trinajstić information content (AvgIpc) is 2.66. The molecule has 0 saturated heterocycles. The van der Waals surface area contributed by atoms with Crippen molar-refractivity contribution in [2.45, 2.75) is 0 Å². The number of hydrogen-bond acceptors (Lipinski definition) is 4. The monoisotopic (exact) mass is 378 g/mol. The number of nitrogens with zero attached hydrogens (tertiary/aromatic N) is 3. The number of halogens is 2. The third kappa shape index (κ3) is 3.26. The zero-order valence-corrected chi connectivity index (χ0v) is 14.7. The summed E-state index contributed by atoms with van der Waals surface area (Å²) < 4.78 is 0. The number of rotatable bonds is 3. The predicted octanol–water partition coefficient (Wildman–Crippen LogP) is 2.86. The van der Waals surface area contributed by atoms with Gasteiger partial charge in [0.2, 0.25) is 5.91 Å². The van der Waals surface area contributed by atoms with Crippen molar-refractivity contribution in [1.29, 1.82) is 0 Å². The third-order valence-corrected chi connectivity index (χ3v) is 4.14. The fourth-order valence-corrected chi connectivity index (χ4v) is 2.96. The first-order valence-corrected chi connectivity index (χ1v) is 8.18. The number of amides is 1. The molecule has 24 heavy (non-hydrogen) atoms. The second-order valence-electron chi connectivity index (χ2n) is 5.09. The molecule has 8 heteroatoms. The molecule has 2 aromatic rings. The molecule has 0 fully saturated rings. The van der Waals surface area contributed by atoms with E-state index in [0.29, 0.717) is 27.7 Å². The van der Waals surface area contributed by atoms with E-state index in [2.05, 4.69) is 9.98 Å². The molecule has 0 saturated carbocycles. The highest BCUT2D eigenvalue weighted by Crippen LogP contribution is 2.29. The van der Waals surface area contributed by atoms with Gasteiger partial charge in [-0.05, 0) is 18.2 Å². The summed E-state index contributed by atoms with van der Waals surface area (Å²) in [6.45, 7) is 0.0486. The zero-order valence-electron chi connectivity index (χ0n) is 12.4. The van der Waals surface area contributed by atoms with Crippen LogP contribution in [-0.2, 0) is 4.79 Å². The number of thiocarbonyl (C=S) groups is 1. The maximum absolute atomic E-state index is 12.5. The van der Waals surface area contributed by atoms with Crippen LogP contribution in [0.5, 0.6) is 0 Å². The van der Waals surface area contributed by atoms with Gasteiger partial charge in [0.05, 0.1) is 28.0 Å². The van der Waals surface area contributed by atoms with Crippen molar-refractivity contribution >= 4 is 57.7 Å². The number of fused-ring (bicyclic) bond motifs is 1. The number of anilines is 1. The van der Waals surface area contributed by atoms with E-state index in [1.54, 1.807) is 18.2 Å². The van der Waals surface area contributed by atoms with Crippen LogP contribution in [0.15, 0.2) is 41.4 Å². The van der Waals surface area contributed by atoms with Gasteiger partial charge in [-0.25, -0.2) is 4.98 Å². The molecule has 1 aliphatic rings. The fraction of sp³-hybridized carbons (Fsp3) is 0.125. The molecule has 1 amide bonds. The quantitative estimate of drug-likeness (QED) is 0.658. The van der Waals surface area contributed by atoms with E-state index in [-0.39, 0.29) is 29.1 Å². The second kappa shape index (κ2) is 6.84. The summed E-state index contributed by atoms with van der Waals surface area (Å²) >= 11 is 17.3. The highest BCUT2D eigenvalue weighted by atomic mass is 35.5. The Morgan fingerprint density at radius 2 is 2.00 bits per heavy atom. The van der Waals surface area contributed by atoms with E-state index in [1.165, 1.54) is 4.90 Å². The zero-order chi connectivity index (χ0) is 17.3. The highest BCUT2D eigenvalue weighted by Gasteiger charge is 2.27. The van der Waals surface area contributed by atoms with E-state index >= 15 is 0 Å². The van der Waals surface area contributed by atoms with Crippen molar-refractivity contribution < 1.29 is 4.79 Å². The Morgan fingerprint density at radius 1 is 1.25 bits per heavy atom. The summed E-state index contributed by atoms with van der Waals surface area (Å²) in [5.74, 6) is -0.227. The predicted molar refractivity (Wildman–Crippen MR) is 100 cm³/mol. The van der Waals surface area contributed by atoms with Crippen molar-refractivity contribution in [2.75, 3.05) is 18.0 Å². The van der Waals surface area contributed by atoms with Crippen LogP contribution in [-0.4, -0.2) is 34.7 Å². The fourth-order valence-electron chi connectivity index (χ4n) is 2.46. The van der Waals surface area contributed by atoms with E-state index in [9.17, 15) is 4.79 Å². The van der Waals surface area contributed by atoms with Crippen LogP contribution in [0.3, 0.4) is 0 Å². The molecular formula is C16H12Cl2N4OS. The maximum atomic E-state index is 12.5. The molecule has 3 rings (SSSR count). The second-order valence-corrected chi connectivity index (χ2v) is 6.41. The number of aromatic nitrogens is 1. The van der Waals surface area contributed by atoms with Crippen LogP contribution in [0.1, 0.15) is 11.3 Å². The smallest absolute Gasteiger partial charge is 0.249 e. The van der Waals surface area contributed by atoms with Crippen LogP contribution in [0.2, 0.25) is 10.2 Å². The summed E-state index contributed by atoms with van der Waals surface area (Å²) in [4.78, 5) is 22.9. The minimum atomic E-state index is -0.227. The van der Waals surface area contributed by atoms with Crippen molar-refractivity contribution in [2.24, 2.45) is 10.7 Å². The van der Waals surface area contributed by atoms with E-state index in [0.717, 1.165) is 0 Å². The van der Waals surface area contributed by atoms with Crippen LogP contribution < -0.4 is 10.6 Å². The van der Waals surface area contributed by atoms with Gasteiger partial charge in [0, 0.05) is 5.56 Å². The Kier molecular flexibility index (Phi) is 4.80. The van der Waals surface area contributed by atoms with Gasteiger partial charge >= 0.3 is 0 Å². The first-order valence-electron chi connectivity index (χ1n) is 7.02. The Hall–Kier alpha value is -2.02. The summed E-state index contributed by atoms with van der Waals surface area (Å²) in [5, 5.41) is 0.803. The number of pyridine rings is 1. The molecule has 2 heterocycles. The summed E-state index contributed by atoms with van der Waals surface area (Å²) in [5.41, 5.74) is 7.84.